The van der Waals surface area contributed by atoms with Crippen LogP contribution in [0.1, 0.15) is 39.0 Å². The van der Waals surface area contributed by atoms with E-state index in [1.807, 2.05) is 0 Å². The molecule has 1 fully saturated rings. The maximum Gasteiger partial charge on any atom is 0.127 e. The molecule has 1 aliphatic rings. The molecule has 0 aromatic rings. The Morgan fingerprint density at radius 3 is 2.92 bits per heavy atom. The minimum atomic E-state index is -0.180. The second kappa shape index (κ2) is 4.27. The Morgan fingerprint density at radius 1 is 1.67 bits per heavy atom. The van der Waals surface area contributed by atoms with Crippen molar-refractivity contribution in [2.45, 2.75) is 39.0 Å². The predicted molar refractivity (Wildman–Crippen MR) is 51.5 cm³/mol. The zero-order chi connectivity index (χ0) is 9.03. The standard InChI is InChI=1S/C10H17ClO/c1-2-9-4-3-5-10(6-9,7-11)8-12/h8-9H,2-7H2,1H3. The quantitative estimate of drug-likeness (QED) is 0.492. The molecule has 0 heterocycles. The molecule has 0 aromatic heterocycles. The Hall–Kier alpha value is -0.0400. The third-order valence-corrected chi connectivity index (χ3v) is 3.61. The highest BCUT2D eigenvalue weighted by atomic mass is 35.5. The molecule has 1 saturated carbocycles. The number of carbonyl (C=O) groups is 1. The molecular formula is C10H17ClO. The van der Waals surface area contributed by atoms with Crippen molar-refractivity contribution in [3.8, 4) is 0 Å². The van der Waals surface area contributed by atoms with Gasteiger partial charge >= 0.3 is 0 Å². The van der Waals surface area contributed by atoms with E-state index in [-0.39, 0.29) is 5.41 Å². The van der Waals surface area contributed by atoms with E-state index in [1.165, 1.54) is 19.3 Å². The van der Waals surface area contributed by atoms with Crippen LogP contribution in [0.2, 0.25) is 0 Å². The third kappa shape index (κ3) is 2.01. The van der Waals surface area contributed by atoms with Crippen molar-refractivity contribution in [3.05, 3.63) is 0 Å². The average molecular weight is 189 g/mol. The Labute approximate surface area is 79.5 Å². The molecule has 0 aliphatic heterocycles. The molecule has 0 saturated heterocycles. The number of alkyl halides is 1. The van der Waals surface area contributed by atoms with E-state index >= 15 is 0 Å². The lowest BCUT2D eigenvalue weighted by Crippen LogP contribution is -2.31. The van der Waals surface area contributed by atoms with Crippen molar-refractivity contribution in [1.29, 1.82) is 0 Å². The van der Waals surface area contributed by atoms with Gasteiger partial charge in [0.05, 0.1) is 0 Å². The fraction of sp³-hybridized carbons (Fsp3) is 0.900. The molecular weight excluding hydrogens is 172 g/mol. The molecule has 1 aliphatic carbocycles. The van der Waals surface area contributed by atoms with Crippen LogP contribution in [0.5, 0.6) is 0 Å². The summed E-state index contributed by atoms with van der Waals surface area (Å²) in [6.07, 6.45) is 6.73. The first kappa shape index (κ1) is 10.0. The Balaban J connectivity index is 2.58. The van der Waals surface area contributed by atoms with Gasteiger partial charge in [0.2, 0.25) is 0 Å². The monoisotopic (exact) mass is 188 g/mol. The van der Waals surface area contributed by atoms with Crippen molar-refractivity contribution < 1.29 is 4.79 Å². The third-order valence-electron chi connectivity index (χ3n) is 3.08. The van der Waals surface area contributed by atoms with Gasteiger partial charge in [-0.2, -0.15) is 0 Å². The van der Waals surface area contributed by atoms with Gasteiger partial charge in [-0.3, -0.25) is 0 Å². The maximum absolute atomic E-state index is 10.9. The van der Waals surface area contributed by atoms with E-state index in [0.717, 1.165) is 25.0 Å². The van der Waals surface area contributed by atoms with Crippen molar-refractivity contribution >= 4 is 17.9 Å². The number of hydrogen-bond donors (Lipinski definition) is 0. The number of carbonyl (C=O) groups excluding carboxylic acids is 1. The molecule has 2 heteroatoms. The molecule has 12 heavy (non-hydrogen) atoms. The molecule has 70 valence electrons. The van der Waals surface area contributed by atoms with Gasteiger partial charge in [0.1, 0.15) is 6.29 Å². The molecule has 0 bridgehead atoms. The molecule has 0 radical (unpaired) electrons. The van der Waals surface area contributed by atoms with Crippen LogP contribution in [-0.2, 0) is 4.79 Å². The van der Waals surface area contributed by atoms with Crippen molar-refractivity contribution in [3.63, 3.8) is 0 Å². The summed E-state index contributed by atoms with van der Waals surface area (Å²) in [5.74, 6) is 1.23. The second-order valence-corrected chi connectivity index (χ2v) is 4.25. The molecule has 1 nitrogen and oxygen atoms in total. The predicted octanol–water partition coefficient (Wildman–Crippen LogP) is 3.01. The lowest BCUT2D eigenvalue weighted by molar-refractivity contribution is -0.117. The van der Waals surface area contributed by atoms with Crippen LogP contribution in [0.3, 0.4) is 0 Å². The summed E-state index contributed by atoms with van der Waals surface area (Å²) in [4.78, 5) is 10.9. The summed E-state index contributed by atoms with van der Waals surface area (Å²) in [5.41, 5.74) is -0.180. The van der Waals surface area contributed by atoms with Crippen molar-refractivity contribution in [1.82, 2.24) is 0 Å². The average Bonchev–Trinajstić information content (AvgIpc) is 2.18. The fourth-order valence-corrected chi connectivity index (χ4v) is 2.44. The van der Waals surface area contributed by atoms with Gasteiger partial charge in [0.15, 0.2) is 0 Å². The van der Waals surface area contributed by atoms with Gasteiger partial charge in [-0.25, -0.2) is 0 Å². The zero-order valence-electron chi connectivity index (χ0n) is 7.68. The van der Waals surface area contributed by atoms with E-state index < -0.39 is 0 Å². The number of hydrogen-bond acceptors (Lipinski definition) is 1. The van der Waals surface area contributed by atoms with Crippen molar-refractivity contribution in [2.75, 3.05) is 5.88 Å². The van der Waals surface area contributed by atoms with Gasteiger partial charge in [-0.05, 0) is 18.8 Å². The smallest absolute Gasteiger partial charge is 0.127 e. The highest BCUT2D eigenvalue weighted by Crippen LogP contribution is 2.39. The number of rotatable bonds is 3. The topological polar surface area (TPSA) is 17.1 Å². The van der Waals surface area contributed by atoms with E-state index in [4.69, 9.17) is 11.6 Å². The summed E-state index contributed by atoms with van der Waals surface area (Å²) >= 11 is 5.83. The van der Waals surface area contributed by atoms with E-state index in [1.54, 1.807) is 0 Å². The summed E-state index contributed by atoms with van der Waals surface area (Å²) in [7, 11) is 0. The van der Waals surface area contributed by atoms with E-state index in [9.17, 15) is 4.79 Å². The van der Waals surface area contributed by atoms with Gasteiger partial charge in [-0.1, -0.05) is 26.2 Å². The molecule has 0 aromatic carbocycles. The van der Waals surface area contributed by atoms with Crippen LogP contribution >= 0.6 is 11.6 Å². The van der Waals surface area contributed by atoms with Gasteiger partial charge in [0.25, 0.3) is 0 Å². The van der Waals surface area contributed by atoms with Gasteiger partial charge in [-0.15, -0.1) is 11.6 Å². The van der Waals surface area contributed by atoms with Crippen LogP contribution < -0.4 is 0 Å². The molecule has 2 unspecified atom stereocenters. The maximum atomic E-state index is 10.9. The Bertz CT molecular complexity index is 158. The van der Waals surface area contributed by atoms with Crippen LogP contribution in [0.25, 0.3) is 0 Å². The zero-order valence-corrected chi connectivity index (χ0v) is 8.44. The first-order valence-corrected chi connectivity index (χ1v) is 5.32. The van der Waals surface area contributed by atoms with Crippen LogP contribution in [0.15, 0.2) is 0 Å². The van der Waals surface area contributed by atoms with Crippen LogP contribution in [0.4, 0.5) is 0 Å². The van der Waals surface area contributed by atoms with Crippen molar-refractivity contribution in [2.24, 2.45) is 11.3 Å². The fourth-order valence-electron chi connectivity index (χ4n) is 2.13. The van der Waals surface area contributed by atoms with E-state index in [0.29, 0.717) is 5.88 Å². The molecule has 0 N–H and O–H groups in total. The summed E-state index contributed by atoms with van der Waals surface area (Å²) < 4.78 is 0. The molecule has 2 atom stereocenters. The SMILES string of the molecule is CCC1CCCC(C=O)(CCl)C1. The summed E-state index contributed by atoms with van der Waals surface area (Å²) in [6, 6.07) is 0. The van der Waals surface area contributed by atoms with E-state index in [2.05, 4.69) is 6.92 Å². The Kier molecular flexibility index (Phi) is 3.57. The Morgan fingerprint density at radius 2 is 2.42 bits per heavy atom. The largest absolute Gasteiger partial charge is 0.303 e. The lowest BCUT2D eigenvalue weighted by atomic mass is 9.71. The first-order chi connectivity index (χ1) is 5.76. The molecule has 0 spiro atoms. The highest BCUT2D eigenvalue weighted by molar-refractivity contribution is 6.19. The minimum absolute atomic E-state index is 0.180. The normalized spacial score (nSPS) is 36.3. The van der Waals surface area contributed by atoms with Gasteiger partial charge < -0.3 is 4.79 Å². The van der Waals surface area contributed by atoms with Crippen LogP contribution in [-0.4, -0.2) is 12.2 Å². The van der Waals surface area contributed by atoms with Gasteiger partial charge in [0, 0.05) is 11.3 Å². The first-order valence-electron chi connectivity index (χ1n) is 4.78. The van der Waals surface area contributed by atoms with Crippen LogP contribution in [0, 0.1) is 11.3 Å². The molecule has 1 rings (SSSR count). The summed E-state index contributed by atoms with van der Waals surface area (Å²) in [6.45, 7) is 2.19. The number of halogens is 1. The molecule has 0 amide bonds. The minimum Gasteiger partial charge on any atom is -0.303 e. The lowest BCUT2D eigenvalue weighted by Gasteiger charge is -2.34. The number of aldehydes is 1. The summed E-state index contributed by atoms with van der Waals surface area (Å²) in [5, 5.41) is 0. The second-order valence-electron chi connectivity index (χ2n) is 3.98. The highest BCUT2D eigenvalue weighted by Gasteiger charge is 2.34.